The van der Waals surface area contributed by atoms with Crippen molar-refractivity contribution in [3.63, 3.8) is 0 Å². The molecule has 0 bridgehead atoms. The molecule has 1 saturated carbocycles. The summed E-state index contributed by atoms with van der Waals surface area (Å²) < 4.78 is 23.7. The number of aromatic amines is 1. The van der Waals surface area contributed by atoms with Crippen molar-refractivity contribution >= 4 is 32.5 Å². The standard InChI is InChI=1S/C18H24N4O3S/c23-18(20-8-13-26(24,25)14-4-5-14)22-11-9-21(10-12-22)17-3-1-2-16-15(17)6-7-19-16/h1-3,6-7,14,19H,4-5,8-13H2,(H,20,23). The molecule has 4 rings (SSSR count). The van der Waals surface area contributed by atoms with E-state index in [2.05, 4.69) is 33.4 Å². The molecule has 2 aliphatic rings. The molecule has 26 heavy (non-hydrogen) atoms. The van der Waals surface area contributed by atoms with Crippen LogP contribution in [0.2, 0.25) is 0 Å². The van der Waals surface area contributed by atoms with Crippen molar-refractivity contribution in [2.45, 2.75) is 18.1 Å². The highest BCUT2D eigenvalue weighted by atomic mass is 32.2. The van der Waals surface area contributed by atoms with Crippen LogP contribution in [-0.2, 0) is 9.84 Å². The molecule has 2 heterocycles. The van der Waals surface area contributed by atoms with E-state index in [-0.39, 0.29) is 23.6 Å². The second kappa shape index (κ2) is 6.83. The quantitative estimate of drug-likeness (QED) is 0.830. The number of anilines is 1. The zero-order valence-electron chi connectivity index (χ0n) is 14.6. The van der Waals surface area contributed by atoms with Crippen molar-refractivity contribution in [2.75, 3.05) is 43.4 Å². The van der Waals surface area contributed by atoms with Crippen LogP contribution >= 0.6 is 0 Å². The number of piperazine rings is 1. The normalized spacial score (nSPS) is 18.3. The van der Waals surface area contributed by atoms with E-state index in [1.165, 1.54) is 11.1 Å². The van der Waals surface area contributed by atoms with E-state index in [0.29, 0.717) is 13.1 Å². The fourth-order valence-electron chi connectivity index (χ4n) is 3.50. The number of carbonyl (C=O) groups excluding carboxylic acids is 1. The molecule has 2 amide bonds. The number of carbonyl (C=O) groups is 1. The number of H-pyrrole nitrogens is 1. The number of fused-ring (bicyclic) bond motifs is 1. The Morgan fingerprint density at radius 2 is 1.92 bits per heavy atom. The molecule has 1 saturated heterocycles. The van der Waals surface area contributed by atoms with Gasteiger partial charge in [0.2, 0.25) is 0 Å². The highest BCUT2D eigenvalue weighted by Gasteiger charge is 2.35. The Morgan fingerprint density at radius 3 is 2.65 bits per heavy atom. The molecule has 0 radical (unpaired) electrons. The van der Waals surface area contributed by atoms with E-state index in [1.54, 1.807) is 4.90 Å². The second-order valence-corrected chi connectivity index (χ2v) is 9.39. The van der Waals surface area contributed by atoms with Crippen LogP contribution in [0, 0.1) is 0 Å². The van der Waals surface area contributed by atoms with E-state index in [9.17, 15) is 13.2 Å². The highest BCUT2D eigenvalue weighted by Crippen LogP contribution is 2.29. The van der Waals surface area contributed by atoms with Crippen molar-refractivity contribution in [3.8, 4) is 0 Å². The van der Waals surface area contributed by atoms with Gasteiger partial charge in [-0.05, 0) is 31.0 Å². The number of rotatable bonds is 5. The number of nitrogens with zero attached hydrogens (tertiary/aromatic N) is 2. The molecule has 2 aromatic rings. The molecule has 2 fully saturated rings. The number of amides is 2. The maximum absolute atomic E-state index is 12.3. The van der Waals surface area contributed by atoms with Crippen LogP contribution < -0.4 is 10.2 Å². The molecular formula is C18H24N4O3S. The Labute approximate surface area is 153 Å². The van der Waals surface area contributed by atoms with Gasteiger partial charge in [0.05, 0.1) is 11.0 Å². The van der Waals surface area contributed by atoms with Crippen LogP contribution in [0.5, 0.6) is 0 Å². The van der Waals surface area contributed by atoms with E-state index in [4.69, 9.17) is 0 Å². The van der Waals surface area contributed by atoms with Crippen molar-refractivity contribution in [2.24, 2.45) is 0 Å². The molecular weight excluding hydrogens is 352 g/mol. The lowest BCUT2D eigenvalue weighted by atomic mass is 10.2. The minimum atomic E-state index is -3.02. The number of nitrogens with one attached hydrogen (secondary N) is 2. The monoisotopic (exact) mass is 376 g/mol. The first-order valence-electron chi connectivity index (χ1n) is 9.10. The summed E-state index contributed by atoms with van der Waals surface area (Å²) in [5, 5.41) is 3.78. The molecule has 0 spiro atoms. The fraction of sp³-hybridized carbons (Fsp3) is 0.500. The minimum Gasteiger partial charge on any atom is -0.367 e. The lowest BCUT2D eigenvalue weighted by molar-refractivity contribution is 0.195. The summed E-state index contributed by atoms with van der Waals surface area (Å²) in [6.07, 6.45) is 3.48. The van der Waals surface area contributed by atoms with Crippen molar-refractivity contribution in [1.29, 1.82) is 0 Å². The summed E-state index contributed by atoms with van der Waals surface area (Å²) >= 11 is 0. The first kappa shape index (κ1) is 17.2. The Bertz CT molecular complexity index is 896. The predicted molar refractivity (Wildman–Crippen MR) is 102 cm³/mol. The minimum absolute atomic E-state index is 0.0405. The van der Waals surface area contributed by atoms with Crippen LogP contribution in [-0.4, -0.2) is 68.1 Å². The number of benzene rings is 1. The van der Waals surface area contributed by atoms with Gasteiger partial charge >= 0.3 is 6.03 Å². The van der Waals surface area contributed by atoms with Gasteiger partial charge in [0, 0.05) is 55.5 Å². The molecule has 0 unspecified atom stereocenters. The molecule has 1 aromatic carbocycles. The molecule has 140 valence electrons. The molecule has 1 aliphatic carbocycles. The summed E-state index contributed by atoms with van der Waals surface area (Å²) in [6, 6.07) is 8.10. The Hall–Kier alpha value is -2.22. The van der Waals surface area contributed by atoms with Crippen molar-refractivity contribution < 1.29 is 13.2 Å². The van der Waals surface area contributed by atoms with Gasteiger partial charge < -0.3 is 20.1 Å². The molecule has 7 nitrogen and oxygen atoms in total. The fourth-order valence-corrected chi connectivity index (χ4v) is 5.08. The van der Waals surface area contributed by atoms with Crippen LogP contribution in [0.4, 0.5) is 10.5 Å². The summed E-state index contributed by atoms with van der Waals surface area (Å²) in [4.78, 5) is 19.6. The Balaban J connectivity index is 1.29. The summed E-state index contributed by atoms with van der Waals surface area (Å²) in [7, 11) is -3.02. The molecule has 8 heteroatoms. The van der Waals surface area contributed by atoms with E-state index < -0.39 is 9.84 Å². The number of hydrogen-bond acceptors (Lipinski definition) is 4. The van der Waals surface area contributed by atoms with Crippen LogP contribution in [0.1, 0.15) is 12.8 Å². The number of aromatic nitrogens is 1. The lowest BCUT2D eigenvalue weighted by Crippen LogP contribution is -2.52. The average molecular weight is 376 g/mol. The number of sulfone groups is 1. The smallest absolute Gasteiger partial charge is 0.317 e. The summed E-state index contributed by atoms with van der Waals surface area (Å²) in [5.74, 6) is 0.0405. The number of urea groups is 1. The second-order valence-electron chi connectivity index (χ2n) is 6.99. The van der Waals surface area contributed by atoms with Gasteiger partial charge in [-0.1, -0.05) is 6.07 Å². The third kappa shape index (κ3) is 3.51. The van der Waals surface area contributed by atoms with Crippen LogP contribution in [0.3, 0.4) is 0 Å². The first-order chi connectivity index (χ1) is 12.5. The zero-order chi connectivity index (χ0) is 18.1. The Kier molecular flexibility index (Phi) is 4.52. The third-order valence-corrected chi connectivity index (χ3v) is 7.43. The molecule has 2 N–H and O–H groups in total. The van der Waals surface area contributed by atoms with Crippen molar-refractivity contribution in [1.82, 2.24) is 15.2 Å². The van der Waals surface area contributed by atoms with E-state index in [0.717, 1.165) is 31.4 Å². The van der Waals surface area contributed by atoms with Gasteiger partial charge in [-0.15, -0.1) is 0 Å². The van der Waals surface area contributed by atoms with Gasteiger partial charge in [0.15, 0.2) is 9.84 Å². The molecule has 1 aromatic heterocycles. The highest BCUT2D eigenvalue weighted by molar-refractivity contribution is 7.92. The molecule has 1 aliphatic heterocycles. The van der Waals surface area contributed by atoms with Crippen molar-refractivity contribution in [3.05, 3.63) is 30.5 Å². The van der Waals surface area contributed by atoms with Gasteiger partial charge in [0.25, 0.3) is 0 Å². The summed E-state index contributed by atoms with van der Waals surface area (Å²) in [5.41, 5.74) is 2.29. The van der Waals surface area contributed by atoms with E-state index in [1.807, 2.05) is 12.3 Å². The zero-order valence-corrected chi connectivity index (χ0v) is 15.5. The largest absolute Gasteiger partial charge is 0.367 e. The SMILES string of the molecule is O=C(NCCS(=O)(=O)C1CC1)N1CCN(c2cccc3[nH]ccc23)CC1. The van der Waals surface area contributed by atoms with Gasteiger partial charge in [-0.3, -0.25) is 0 Å². The maximum Gasteiger partial charge on any atom is 0.317 e. The first-order valence-corrected chi connectivity index (χ1v) is 10.8. The van der Waals surface area contributed by atoms with Crippen LogP contribution in [0.25, 0.3) is 10.9 Å². The van der Waals surface area contributed by atoms with E-state index >= 15 is 0 Å². The van der Waals surface area contributed by atoms with Gasteiger partial charge in [-0.2, -0.15) is 0 Å². The van der Waals surface area contributed by atoms with Gasteiger partial charge in [0.1, 0.15) is 0 Å². The van der Waals surface area contributed by atoms with Gasteiger partial charge in [-0.25, -0.2) is 13.2 Å². The molecule has 0 atom stereocenters. The lowest BCUT2D eigenvalue weighted by Gasteiger charge is -2.36. The average Bonchev–Trinajstić information content (AvgIpc) is 3.40. The Morgan fingerprint density at radius 1 is 1.15 bits per heavy atom. The maximum atomic E-state index is 12.3. The summed E-state index contributed by atoms with van der Waals surface area (Å²) in [6.45, 7) is 2.97. The number of hydrogen-bond donors (Lipinski definition) is 2. The van der Waals surface area contributed by atoms with Crippen LogP contribution in [0.15, 0.2) is 30.5 Å². The topological polar surface area (TPSA) is 85.5 Å². The predicted octanol–water partition coefficient (Wildman–Crippen LogP) is 1.58. The third-order valence-electron chi connectivity index (χ3n) is 5.17.